The van der Waals surface area contributed by atoms with Crippen molar-refractivity contribution in [1.82, 2.24) is 15.0 Å². The lowest BCUT2D eigenvalue weighted by Gasteiger charge is -2.24. The quantitative estimate of drug-likeness (QED) is 0.822. The molecule has 0 aromatic carbocycles. The minimum absolute atomic E-state index is 0.0128. The van der Waals surface area contributed by atoms with Gasteiger partial charge in [-0.25, -0.2) is 0 Å². The van der Waals surface area contributed by atoms with Crippen molar-refractivity contribution in [2.24, 2.45) is 5.92 Å². The van der Waals surface area contributed by atoms with Gasteiger partial charge in [0.1, 0.15) is 0 Å². The largest absolute Gasteiger partial charge is 0.351 e. The lowest BCUT2D eigenvalue weighted by molar-refractivity contribution is -0.129. The van der Waals surface area contributed by atoms with Crippen molar-refractivity contribution < 1.29 is 14.1 Å². The van der Waals surface area contributed by atoms with Gasteiger partial charge in [-0.15, -0.1) is 0 Å². The Bertz CT molecular complexity index is 538. The molecule has 2 aliphatic heterocycles. The van der Waals surface area contributed by atoms with Crippen molar-refractivity contribution in [1.29, 1.82) is 0 Å². The molecule has 0 bridgehead atoms. The molecule has 6 nitrogen and oxygen atoms in total. The zero-order valence-corrected chi connectivity index (χ0v) is 11.2. The smallest absolute Gasteiger partial charge is 0.292 e. The fraction of sp³-hybridized carbons (Fsp3) is 0.643. The summed E-state index contributed by atoms with van der Waals surface area (Å²) in [5.41, 5.74) is 0. The third kappa shape index (κ3) is 1.82. The molecule has 2 saturated heterocycles. The van der Waals surface area contributed by atoms with Gasteiger partial charge < -0.3 is 14.3 Å². The second kappa shape index (κ2) is 4.33. The summed E-state index contributed by atoms with van der Waals surface area (Å²) in [6.45, 7) is 1.58. The Morgan fingerprint density at radius 1 is 1.35 bits per heavy atom. The molecular weight excluding hydrogens is 258 g/mol. The predicted molar refractivity (Wildman–Crippen MR) is 68.8 cm³/mol. The van der Waals surface area contributed by atoms with Crippen LogP contribution >= 0.6 is 0 Å². The first-order valence-corrected chi connectivity index (χ1v) is 7.25. The van der Waals surface area contributed by atoms with Crippen molar-refractivity contribution in [2.45, 2.75) is 37.8 Å². The van der Waals surface area contributed by atoms with E-state index in [-0.39, 0.29) is 29.7 Å². The van der Waals surface area contributed by atoms with E-state index in [1.807, 2.05) is 4.90 Å². The molecule has 3 fully saturated rings. The highest BCUT2D eigenvalue weighted by atomic mass is 16.5. The van der Waals surface area contributed by atoms with Gasteiger partial charge in [-0.2, -0.15) is 0 Å². The van der Waals surface area contributed by atoms with Crippen LogP contribution in [0.25, 0.3) is 0 Å². The van der Waals surface area contributed by atoms with E-state index in [0.717, 1.165) is 13.0 Å². The van der Waals surface area contributed by atoms with Crippen molar-refractivity contribution in [3.63, 3.8) is 0 Å². The molecule has 106 valence electrons. The van der Waals surface area contributed by atoms with Gasteiger partial charge in [0.05, 0.1) is 18.3 Å². The first-order chi connectivity index (χ1) is 9.74. The standard InChI is InChI=1S/C14H17N3O3/c18-13-7-11-10(17(13)8-9-1-2-9)4-6-16(11)14(19)12-3-5-15-20-12/h3,5,9-11H,1-2,4,6-8H2/t10-,11-/m1/s1. The summed E-state index contributed by atoms with van der Waals surface area (Å²) in [6.07, 6.45) is 5.28. The minimum atomic E-state index is -0.143. The Morgan fingerprint density at radius 3 is 2.90 bits per heavy atom. The van der Waals surface area contributed by atoms with Gasteiger partial charge in [0, 0.05) is 25.6 Å². The average molecular weight is 275 g/mol. The molecule has 1 aromatic rings. The minimum Gasteiger partial charge on any atom is -0.351 e. The Morgan fingerprint density at radius 2 is 2.20 bits per heavy atom. The molecule has 3 heterocycles. The number of likely N-dealkylation sites (tertiary alicyclic amines) is 2. The van der Waals surface area contributed by atoms with E-state index in [1.165, 1.54) is 19.0 Å². The molecule has 1 aliphatic carbocycles. The van der Waals surface area contributed by atoms with E-state index in [2.05, 4.69) is 5.16 Å². The van der Waals surface area contributed by atoms with E-state index in [0.29, 0.717) is 18.9 Å². The van der Waals surface area contributed by atoms with Crippen LogP contribution in [0.4, 0.5) is 0 Å². The predicted octanol–water partition coefficient (Wildman–Crippen LogP) is 0.900. The van der Waals surface area contributed by atoms with Gasteiger partial charge >= 0.3 is 0 Å². The highest BCUT2D eigenvalue weighted by Crippen LogP contribution is 2.37. The van der Waals surface area contributed by atoms with E-state index >= 15 is 0 Å². The van der Waals surface area contributed by atoms with Crippen molar-refractivity contribution in [2.75, 3.05) is 13.1 Å². The fourth-order valence-electron chi connectivity index (χ4n) is 3.46. The van der Waals surface area contributed by atoms with Crippen LogP contribution in [0.5, 0.6) is 0 Å². The normalized spacial score (nSPS) is 29.1. The zero-order chi connectivity index (χ0) is 13.7. The van der Waals surface area contributed by atoms with Crippen LogP contribution in [0.3, 0.4) is 0 Å². The van der Waals surface area contributed by atoms with Crippen molar-refractivity contribution >= 4 is 11.8 Å². The molecular formula is C14H17N3O3. The first-order valence-electron chi connectivity index (χ1n) is 7.25. The van der Waals surface area contributed by atoms with Crippen LogP contribution in [0, 0.1) is 5.92 Å². The Hall–Kier alpha value is -1.85. The lowest BCUT2D eigenvalue weighted by atomic mass is 10.1. The summed E-state index contributed by atoms with van der Waals surface area (Å²) in [6, 6.07) is 1.79. The Labute approximate surface area is 116 Å². The maximum absolute atomic E-state index is 12.4. The van der Waals surface area contributed by atoms with Crippen LogP contribution in [0.2, 0.25) is 0 Å². The molecule has 4 rings (SSSR count). The molecule has 2 amide bonds. The van der Waals surface area contributed by atoms with Crippen LogP contribution in [0.1, 0.15) is 36.2 Å². The summed E-state index contributed by atoms with van der Waals surface area (Å²) >= 11 is 0. The van der Waals surface area contributed by atoms with Gasteiger partial charge in [-0.05, 0) is 25.2 Å². The van der Waals surface area contributed by atoms with E-state index < -0.39 is 0 Å². The van der Waals surface area contributed by atoms with Gasteiger partial charge in [0.25, 0.3) is 5.91 Å². The first kappa shape index (κ1) is 11.9. The van der Waals surface area contributed by atoms with Crippen LogP contribution < -0.4 is 0 Å². The van der Waals surface area contributed by atoms with Crippen molar-refractivity contribution in [3.05, 3.63) is 18.0 Å². The maximum Gasteiger partial charge on any atom is 0.292 e. The van der Waals surface area contributed by atoms with Crippen LogP contribution in [0.15, 0.2) is 16.8 Å². The highest BCUT2D eigenvalue weighted by molar-refractivity contribution is 5.93. The topological polar surface area (TPSA) is 66.7 Å². The summed E-state index contributed by atoms with van der Waals surface area (Å²) in [5, 5.41) is 3.58. The third-order valence-electron chi connectivity index (χ3n) is 4.68. The van der Waals surface area contributed by atoms with Gasteiger partial charge in [-0.3, -0.25) is 9.59 Å². The Kier molecular flexibility index (Phi) is 2.58. The number of rotatable bonds is 3. The molecule has 3 aliphatic rings. The van der Waals surface area contributed by atoms with Gasteiger partial charge in [0.2, 0.25) is 11.7 Å². The van der Waals surface area contributed by atoms with E-state index in [4.69, 9.17) is 4.52 Å². The molecule has 0 spiro atoms. The number of aromatic nitrogens is 1. The lowest BCUT2D eigenvalue weighted by Crippen LogP contribution is -2.40. The number of nitrogens with zero attached hydrogens (tertiary/aromatic N) is 3. The van der Waals surface area contributed by atoms with E-state index in [9.17, 15) is 9.59 Å². The van der Waals surface area contributed by atoms with Gasteiger partial charge in [-0.1, -0.05) is 5.16 Å². The monoisotopic (exact) mass is 275 g/mol. The Balaban J connectivity index is 1.52. The van der Waals surface area contributed by atoms with Crippen LogP contribution in [-0.2, 0) is 4.79 Å². The summed E-state index contributed by atoms with van der Waals surface area (Å²) in [5.74, 6) is 1.01. The van der Waals surface area contributed by atoms with Crippen molar-refractivity contribution in [3.8, 4) is 0 Å². The SMILES string of the molecule is O=C1C[C@@H]2[C@@H](CCN2C(=O)c2ccno2)N1CC1CC1. The third-order valence-corrected chi connectivity index (χ3v) is 4.68. The molecule has 0 unspecified atom stereocenters. The maximum atomic E-state index is 12.4. The average Bonchev–Trinajstić information content (AvgIpc) is 2.87. The molecule has 0 radical (unpaired) electrons. The number of amides is 2. The molecule has 1 aromatic heterocycles. The second-order valence-corrected chi connectivity index (χ2v) is 5.99. The molecule has 0 N–H and O–H groups in total. The summed E-state index contributed by atoms with van der Waals surface area (Å²) < 4.78 is 4.94. The molecule has 20 heavy (non-hydrogen) atoms. The molecule has 1 saturated carbocycles. The number of carbonyl (C=O) groups is 2. The fourth-order valence-corrected chi connectivity index (χ4v) is 3.46. The highest BCUT2D eigenvalue weighted by Gasteiger charge is 2.49. The number of hydrogen-bond donors (Lipinski definition) is 0. The van der Waals surface area contributed by atoms with Crippen LogP contribution in [-0.4, -0.2) is 51.9 Å². The molecule has 6 heteroatoms. The number of fused-ring (bicyclic) bond motifs is 1. The molecule has 2 atom stereocenters. The summed E-state index contributed by atoms with van der Waals surface area (Å²) in [7, 11) is 0. The number of carbonyl (C=O) groups excluding carboxylic acids is 2. The van der Waals surface area contributed by atoms with E-state index in [1.54, 1.807) is 11.0 Å². The van der Waals surface area contributed by atoms with Gasteiger partial charge in [0.15, 0.2) is 0 Å². The summed E-state index contributed by atoms with van der Waals surface area (Å²) in [4.78, 5) is 28.3. The number of hydrogen-bond acceptors (Lipinski definition) is 4. The second-order valence-electron chi connectivity index (χ2n) is 5.99. The zero-order valence-electron chi connectivity index (χ0n) is 11.2.